The monoisotopic (exact) mass is 502 g/mol. The van der Waals surface area contributed by atoms with Gasteiger partial charge in [0.25, 0.3) is 5.56 Å². The third-order valence-corrected chi connectivity index (χ3v) is 5.70. The van der Waals surface area contributed by atoms with Crippen LogP contribution in [0.1, 0.15) is 33.9 Å². The van der Waals surface area contributed by atoms with Gasteiger partial charge in [0, 0.05) is 17.3 Å². The summed E-state index contributed by atoms with van der Waals surface area (Å²) >= 11 is 5.94. The van der Waals surface area contributed by atoms with Crippen molar-refractivity contribution in [1.82, 2.24) is 9.55 Å². The Hall–Kier alpha value is -3.76. The highest BCUT2D eigenvalue weighted by molar-refractivity contribution is 6.30. The van der Waals surface area contributed by atoms with E-state index in [9.17, 15) is 19.2 Å². The summed E-state index contributed by atoms with van der Waals surface area (Å²) < 4.78 is 33.4. The minimum atomic E-state index is -2.46. The molecule has 0 unspecified atom stereocenters. The number of halogens is 2. The normalized spacial score (nSPS) is 23.6. The molecule has 0 spiro atoms. The van der Waals surface area contributed by atoms with Gasteiger partial charge in [-0.25, -0.2) is 18.8 Å². The van der Waals surface area contributed by atoms with E-state index in [1.807, 2.05) is 4.98 Å². The van der Waals surface area contributed by atoms with Crippen LogP contribution in [0.2, 0.25) is 5.02 Å². The summed E-state index contributed by atoms with van der Waals surface area (Å²) in [5.41, 5.74) is -3.73. The number of H-pyrrole nitrogens is 1. The van der Waals surface area contributed by atoms with E-state index in [-0.39, 0.29) is 16.1 Å². The SMILES string of the molecule is C[C@@]1(F)[C@H](OC(=O)c2cccc(Cl)c2)[C@@H](COC(=O)c2ccccc2)O[C@H]1n1ccc(=O)[nH]c1=O. The number of carbonyl (C=O) groups is 2. The van der Waals surface area contributed by atoms with Crippen LogP contribution in [0.25, 0.3) is 0 Å². The number of rotatable bonds is 6. The lowest BCUT2D eigenvalue weighted by atomic mass is 9.98. The number of nitrogens with one attached hydrogen (secondary N) is 1. The largest absolute Gasteiger partial charge is 0.459 e. The molecule has 1 N–H and O–H groups in total. The number of aromatic nitrogens is 2. The van der Waals surface area contributed by atoms with Crippen molar-refractivity contribution in [2.24, 2.45) is 0 Å². The first kappa shape index (κ1) is 24.4. The van der Waals surface area contributed by atoms with Crippen molar-refractivity contribution < 1.29 is 28.2 Å². The van der Waals surface area contributed by atoms with Crippen LogP contribution in [-0.2, 0) is 14.2 Å². The molecule has 4 rings (SSSR count). The number of carbonyl (C=O) groups excluding carboxylic acids is 2. The summed E-state index contributed by atoms with van der Waals surface area (Å²) in [4.78, 5) is 51.0. The van der Waals surface area contributed by atoms with Crippen molar-refractivity contribution in [2.45, 2.75) is 31.0 Å². The van der Waals surface area contributed by atoms with Crippen LogP contribution >= 0.6 is 11.6 Å². The molecule has 0 bridgehead atoms. The maximum Gasteiger partial charge on any atom is 0.338 e. The second-order valence-corrected chi connectivity index (χ2v) is 8.43. The lowest BCUT2D eigenvalue weighted by Crippen LogP contribution is -2.46. The maximum atomic E-state index is 16.1. The van der Waals surface area contributed by atoms with Gasteiger partial charge in [-0.3, -0.25) is 14.3 Å². The topological polar surface area (TPSA) is 117 Å². The maximum absolute atomic E-state index is 16.1. The van der Waals surface area contributed by atoms with Crippen LogP contribution in [-0.4, -0.2) is 46.0 Å². The van der Waals surface area contributed by atoms with Crippen LogP contribution in [0.4, 0.5) is 4.39 Å². The van der Waals surface area contributed by atoms with Gasteiger partial charge in [0.15, 0.2) is 18.0 Å². The molecule has 1 fully saturated rings. The van der Waals surface area contributed by atoms with Gasteiger partial charge in [-0.15, -0.1) is 0 Å². The van der Waals surface area contributed by atoms with Gasteiger partial charge in [-0.05, 0) is 37.3 Å². The van der Waals surface area contributed by atoms with E-state index in [4.69, 9.17) is 25.8 Å². The van der Waals surface area contributed by atoms with E-state index in [1.54, 1.807) is 24.3 Å². The summed E-state index contributed by atoms with van der Waals surface area (Å²) in [5, 5.41) is 0.274. The van der Waals surface area contributed by atoms with E-state index in [1.165, 1.54) is 30.3 Å². The number of aromatic amines is 1. The van der Waals surface area contributed by atoms with E-state index in [0.717, 1.165) is 23.8 Å². The minimum absolute atomic E-state index is 0.0676. The fraction of sp³-hybridized carbons (Fsp3) is 0.250. The van der Waals surface area contributed by atoms with Gasteiger partial charge in [-0.2, -0.15) is 0 Å². The Kier molecular flexibility index (Phi) is 6.86. The Bertz CT molecular complexity index is 1360. The first-order chi connectivity index (χ1) is 16.7. The van der Waals surface area contributed by atoms with Gasteiger partial charge in [0.2, 0.25) is 0 Å². The predicted octanol–water partition coefficient (Wildman–Crippen LogP) is 2.90. The highest BCUT2D eigenvalue weighted by Gasteiger charge is 2.58. The fourth-order valence-corrected chi connectivity index (χ4v) is 3.95. The number of benzene rings is 2. The smallest absolute Gasteiger partial charge is 0.338 e. The Morgan fingerprint density at radius 1 is 1.09 bits per heavy atom. The number of esters is 2. The van der Waals surface area contributed by atoms with E-state index in [0.29, 0.717) is 0 Å². The summed E-state index contributed by atoms with van der Waals surface area (Å²) in [6.07, 6.45) is -3.38. The number of hydrogen-bond acceptors (Lipinski definition) is 7. The predicted molar refractivity (Wildman–Crippen MR) is 122 cm³/mol. The average molecular weight is 503 g/mol. The quantitative estimate of drug-likeness (QED) is 0.515. The molecule has 9 nitrogen and oxygen atoms in total. The Morgan fingerprint density at radius 3 is 2.49 bits per heavy atom. The highest BCUT2D eigenvalue weighted by atomic mass is 35.5. The van der Waals surface area contributed by atoms with Crippen molar-refractivity contribution in [3.05, 3.63) is 104 Å². The van der Waals surface area contributed by atoms with Crippen LogP contribution in [0.15, 0.2) is 76.4 Å². The molecular formula is C24H20ClFN2O7. The molecule has 11 heteroatoms. The Labute approximate surface area is 203 Å². The molecule has 4 atom stereocenters. The molecule has 1 saturated heterocycles. The van der Waals surface area contributed by atoms with Crippen molar-refractivity contribution in [1.29, 1.82) is 0 Å². The standard InChI is InChI=1S/C24H20ClFN2O7/c1-24(26)19(35-21(31)15-8-5-9-16(25)12-15)17(13-33-20(30)14-6-3-2-4-7-14)34-22(24)28-11-10-18(29)27-23(28)32/h2-12,17,19,22H,13H2,1H3,(H,27,29,32)/t17-,19-,22-,24-/m1/s1. The molecule has 0 amide bonds. The zero-order valence-corrected chi connectivity index (χ0v) is 19.1. The van der Waals surface area contributed by atoms with Crippen molar-refractivity contribution in [3.8, 4) is 0 Å². The number of hydrogen-bond donors (Lipinski definition) is 1. The van der Waals surface area contributed by atoms with Gasteiger partial charge in [0.05, 0.1) is 11.1 Å². The molecule has 0 saturated carbocycles. The summed E-state index contributed by atoms with van der Waals surface area (Å²) in [7, 11) is 0. The average Bonchev–Trinajstić information content (AvgIpc) is 3.07. The third-order valence-electron chi connectivity index (χ3n) is 5.47. The Morgan fingerprint density at radius 2 is 1.80 bits per heavy atom. The van der Waals surface area contributed by atoms with Crippen molar-refractivity contribution in [3.63, 3.8) is 0 Å². The van der Waals surface area contributed by atoms with E-state index in [2.05, 4.69) is 0 Å². The number of nitrogens with zero attached hydrogens (tertiary/aromatic N) is 1. The molecule has 35 heavy (non-hydrogen) atoms. The molecular weight excluding hydrogens is 483 g/mol. The van der Waals surface area contributed by atoms with Crippen LogP contribution in [0.3, 0.4) is 0 Å². The number of alkyl halides is 1. The lowest BCUT2D eigenvalue weighted by molar-refractivity contribution is -0.0649. The number of ether oxygens (including phenoxy) is 3. The molecule has 2 heterocycles. The Balaban J connectivity index is 1.62. The summed E-state index contributed by atoms with van der Waals surface area (Å²) in [6.45, 7) is 0.611. The summed E-state index contributed by atoms with van der Waals surface area (Å²) in [6, 6.07) is 15.0. The van der Waals surface area contributed by atoms with E-state index >= 15 is 4.39 Å². The zero-order chi connectivity index (χ0) is 25.2. The van der Waals surface area contributed by atoms with Crippen LogP contribution in [0, 0.1) is 0 Å². The van der Waals surface area contributed by atoms with Gasteiger partial charge in [-0.1, -0.05) is 35.9 Å². The third kappa shape index (κ3) is 5.18. The van der Waals surface area contributed by atoms with Gasteiger partial charge < -0.3 is 14.2 Å². The van der Waals surface area contributed by atoms with Crippen molar-refractivity contribution >= 4 is 23.5 Å². The van der Waals surface area contributed by atoms with E-state index < -0.39 is 53.9 Å². The highest BCUT2D eigenvalue weighted by Crippen LogP contribution is 2.43. The minimum Gasteiger partial charge on any atom is -0.459 e. The van der Waals surface area contributed by atoms with Gasteiger partial charge in [0.1, 0.15) is 12.7 Å². The molecule has 3 aromatic rings. The van der Waals surface area contributed by atoms with Gasteiger partial charge >= 0.3 is 17.6 Å². The zero-order valence-electron chi connectivity index (χ0n) is 18.4. The summed E-state index contributed by atoms with van der Waals surface area (Å²) in [5.74, 6) is -1.59. The second kappa shape index (κ2) is 9.85. The first-order valence-corrected chi connectivity index (χ1v) is 10.9. The molecule has 0 radical (unpaired) electrons. The molecule has 2 aromatic carbocycles. The van der Waals surface area contributed by atoms with Crippen LogP contribution < -0.4 is 11.2 Å². The van der Waals surface area contributed by atoms with Crippen LogP contribution in [0.5, 0.6) is 0 Å². The molecule has 0 aliphatic carbocycles. The molecule has 1 aliphatic heterocycles. The molecule has 1 aliphatic rings. The fourth-order valence-electron chi connectivity index (χ4n) is 3.76. The molecule has 182 valence electrons. The molecule has 1 aromatic heterocycles. The first-order valence-electron chi connectivity index (χ1n) is 10.5. The van der Waals surface area contributed by atoms with Crippen molar-refractivity contribution in [2.75, 3.05) is 6.61 Å². The lowest BCUT2D eigenvalue weighted by Gasteiger charge is -2.27. The second-order valence-electron chi connectivity index (χ2n) is 8.00.